The summed E-state index contributed by atoms with van der Waals surface area (Å²) >= 11 is 0. The van der Waals surface area contributed by atoms with Crippen LogP contribution in [-0.2, 0) is 6.54 Å². The summed E-state index contributed by atoms with van der Waals surface area (Å²) in [5, 5.41) is 12.9. The zero-order valence-electron chi connectivity index (χ0n) is 16.3. The predicted molar refractivity (Wildman–Crippen MR) is 102 cm³/mol. The number of likely N-dealkylation sites (N-methyl/N-ethyl adjacent to an activating group) is 1. The molecule has 1 aliphatic heterocycles. The smallest absolute Gasteiger partial charge is 0.317 e. The van der Waals surface area contributed by atoms with Crippen LogP contribution in [0.5, 0.6) is 5.75 Å². The van der Waals surface area contributed by atoms with Crippen LogP contribution in [0.25, 0.3) is 0 Å². The van der Waals surface area contributed by atoms with Gasteiger partial charge in [-0.05, 0) is 52.3 Å². The Morgan fingerprint density at radius 1 is 1.23 bits per heavy atom. The SMILES string of the molecule is CN(C)CCCOc1ccc(CNC(=O)N2C[C@H](O)[C@@H](N(C)C)C2)cc1. The maximum Gasteiger partial charge on any atom is 0.317 e. The molecule has 1 fully saturated rings. The summed E-state index contributed by atoms with van der Waals surface area (Å²) in [5.41, 5.74) is 1.02. The number of β-amino-alcohol motifs (C(OH)–C–C–N with tert-alkyl or cyclic N) is 1. The predicted octanol–water partition coefficient (Wildman–Crippen LogP) is 0.833. The normalized spacial score (nSPS) is 20.0. The minimum Gasteiger partial charge on any atom is -0.494 e. The van der Waals surface area contributed by atoms with E-state index in [1.54, 1.807) is 4.90 Å². The number of hydrogen-bond donors (Lipinski definition) is 2. The van der Waals surface area contributed by atoms with Gasteiger partial charge in [0, 0.05) is 26.2 Å². The van der Waals surface area contributed by atoms with Crippen molar-refractivity contribution in [1.29, 1.82) is 0 Å². The molecule has 1 aromatic carbocycles. The number of urea groups is 1. The molecule has 1 aromatic rings. The molecule has 146 valence electrons. The Kier molecular flexibility index (Phi) is 7.68. The number of aliphatic hydroxyl groups is 1. The van der Waals surface area contributed by atoms with Crippen molar-refractivity contribution in [3.8, 4) is 5.75 Å². The van der Waals surface area contributed by atoms with Gasteiger partial charge in [-0.3, -0.25) is 0 Å². The Balaban J connectivity index is 1.73. The zero-order chi connectivity index (χ0) is 19.1. The highest BCUT2D eigenvalue weighted by Gasteiger charge is 2.35. The van der Waals surface area contributed by atoms with Crippen molar-refractivity contribution in [2.24, 2.45) is 0 Å². The molecule has 1 aliphatic rings. The lowest BCUT2D eigenvalue weighted by atomic mass is 10.2. The fraction of sp³-hybridized carbons (Fsp3) is 0.632. The summed E-state index contributed by atoms with van der Waals surface area (Å²) in [5.74, 6) is 0.843. The van der Waals surface area contributed by atoms with Crippen molar-refractivity contribution in [2.45, 2.75) is 25.1 Å². The second kappa shape index (κ2) is 9.75. The minimum atomic E-state index is -0.500. The average molecular weight is 364 g/mol. The maximum atomic E-state index is 12.3. The van der Waals surface area contributed by atoms with E-state index in [1.165, 1.54) is 0 Å². The van der Waals surface area contributed by atoms with Gasteiger partial charge in [-0.15, -0.1) is 0 Å². The third-order valence-electron chi connectivity index (χ3n) is 4.60. The van der Waals surface area contributed by atoms with Crippen molar-refractivity contribution in [3.05, 3.63) is 29.8 Å². The molecule has 7 nitrogen and oxygen atoms in total. The fourth-order valence-electron chi connectivity index (χ4n) is 3.01. The molecule has 1 saturated heterocycles. The number of aliphatic hydroxyl groups excluding tert-OH is 1. The third-order valence-corrected chi connectivity index (χ3v) is 4.60. The van der Waals surface area contributed by atoms with Crippen molar-refractivity contribution in [2.75, 3.05) is 54.4 Å². The zero-order valence-corrected chi connectivity index (χ0v) is 16.3. The molecular formula is C19H32N4O3. The lowest BCUT2D eigenvalue weighted by Gasteiger charge is -2.21. The lowest BCUT2D eigenvalue weighted by molar-refractivity contribution is 0.113. The highest BCUT2D eigenvalue weighted by molar-refractivity contribution is 5.74. The number of nitrogens with one attached hydrogen (secondary N) is 1. The van der Waals surface area contributed by atoms with Crippen LogP contribution in [0.15, 0.2) is 24.3 Å². The molecule has 0 bridgehead atoms. The van der Waals surface area contributed by atoms with Gasteiger partial charge in [0.15, 0.2) is 0 Å². The number of hydrogen-bond acceptors (Lipinski definition) is 5. The average Bonchev–Trinajstić information content (AvgIpc) is 2.99. The van der Waals surface area contributed by atoms with Gasteiger partial charge in [0.05, 0.1) is 18.8 Å². The Labute approximate surface area is 156 Å². The van der Waals surface area contributed by atoms with Gasteiger partial charge in [-0.2, -0.15) is 0 Å². The molecule has 2 amide bonds. The number of benzene rings is 1. The molecule has 2 N–H and O–H groups in total. The van der Waals surface area contributed by atoms with Crippen LogP contribution in [0.1, 0.15) is 12.0 Å². The summed E-state index contributed by atoms with van der Waals surface area (Å²) < 4.78 is 5.71. The van der Waals surface area contributed by atoms with Crippen LogP contribution in [0, 0.1) is 0 Å². The summed E-state index contributed by atoms with van der Waals surface area (Å²) in [6.07, 6.45) is 0.486. The van der Waals surface area contributed by atoms with Gasteiger partial charge in [-0.1, -0.05) is 12.1 Å². The monoisotopic (exact) mass is 364 g/mol. The highest BCUT2D eigenvalue weighted by atomic mass is 16.5. The molecule has 0 spiro atoms. The summed E-state index contributed by atoms with van der Waals surface area (Å²) in [6, 6.07) is 7.63. The van der Waals surface area contributed by atoms with E-state index in [9.17, 15) is 9.90 Å². The molecule has 2 rings (SSSR count). The number of carbonyl (C=O) groups is 1. The van der Waals surface area contributed by atoms with E-state index in [4.69, 9.17) is 4.74 Å². The van der Waals surface area contributed by atoms with Crippen LogP contribution in [0.3, 0.4) is 0 Å². The van der Waals surface area contributed by atoms with E-state index in [1.807, 2.05) is 57.4 Å². The number of amides is 2. The van der Waals surface area contributed by atoms with E-state index in [-0.39, 0.29) is 12.1 Å². The van der Waals surface area contributed by atoms with Crippen LogP contribution < -0.4 is 10.1 Å². The standard InChI is InChI=1S/C19H32N4O3/c1-21(2)10-5-11-26-16-8-6-15(7-9-16)12-20-19(25)23-13-17(22(3)4)18(24)14-23/h6-9,17-18,24H,5,10-14H2,1-4H3,(H,20,25)/t17-,18-/m0/s1. The van der Waals surface area contributed by atoms with E-state index >= 15 is 0 Å². The number of carbonyl (C=O) groups excluding carboxylic acids is 1. The first-order chi connectivity index (χ1) is 12.4. The molecule has 26 heavy (non-hydrogen) atoms. The molecule has 0 aliphatic carbocycles. The maximum absolute atomic E-state index is 12.3. The Morgan fingerprint density at radius 2 is 1.92 bits per heavy atom. The topological polar surface area (TPSA) is 68.3 Å². The molecule has 1 heterocycles. The van der Waals surface area contributed by atoms with E-state index in [0.717, 1.165) is 24.3 Å². The van der Waals surface area contributed by atoms with Gasteiger partial charge in [0.1, 0.15) is 5.75 Å². The fourth-order valence-corrected chi connectivity index (χ4v) is 3.01. The van der Waals surface area contributed by atoms with Crippen molar-refractivity contribution in [3.63, 3.8) is 0 Å². The van der Waals surface area contributed by atoms with Gasteiger partial charge in [-0.25, -0.2) is 4.79 Å². The summed E-state index contributed by atoms with van der Waals surface area (Å²) in [6.45, 7) is 3.07. The van der Waals surface area contributed by atoms with Crippen molar-refractivity contribution in [1.82, 2.24) is 20.0 Å². The first-order valence-electron chi connectivity index (χ1n) is 9.10. The van der Waals surface area contributed by atoms with Gasteiger partial charge < -0.3 is 29.9 Å². The molecular weight excluding hydrogens is 332 g/mol. The third kappa shape index (κ3) is 6.16. The highest BCUT2D eigenvalue weighted by Crippen LogP contribution is 2.15. The van der Waals surface area contributed by atoms with Crippen LogP contribution in [-0.4, -0.2) is 92.4 Å². The second-order valence-corrected chi connectivity index (χ2v) is 7.31. The van der Waals surface area contributed by atoms with Gasteiger partial charge in [0.2, 0.25) is 0 Å². The lowest BCUT2D eigenvalue weighted by Crippen LogP contribution is -2.40. The van der Waals surface area contributed by atoms with E-state index in [2.05, 4.69) is 10.2 Å². The first kappa shape index (κ1) is 20.5. The van der Waals surface area contributed by atoms with Gasteiger partial charge in [0.25, 0.3) is 0 Å². The number of likely N-dealkylation sites (tertiary alicyclic amines) is 1. The summed E-state index contributed by atoms with van der Waals surface area (Å²) in [4.78, 5) is 18.0. The van der Waals surface area contributed by atoms with Crippen molar-refractivity contribution >= 4 is 6.03 Å². The Bertz CT molecular complexity index is 562. The molecule has 0 radical (unpaired) electrons. The first-order valence-corrected chi connectivity index (χ1v) is 9.10. The van der Waals surface area contributed by atoms with Gasteiger partial charge >= 0.3 is 6.03 Å². The Hall–Kier alpha value is -1.83. The molecule has 0 saturated carbocycles. The van der Waals surface area contributed by atoms with Crippen LogP contribution >= 0.6 is 0 Å². The van der Waals surface area contributed by atoms with E-state index in [0.29, 0.717) is 26.2 Å². The number of rotatable bonds is 8. The summed E-state index contributed by atoms with van der Waals surface area (Å²) in [7, 11) is 7.93. The second-order valence-electron chi connectivity index (χ2n) is 7.31. The molecule has 2 atom stereocenters. The minimum absolute atomic E-state index is 0.00956. The Morgan fingerprint density at radius 3 is 2.50 bits per heavy atom. The van der Waals surface area contributed by atoms with Crippen LogP contribution in [0.2, 0.25) is 0 Å². The van der Waals surface area contributed by atoms with Crippen LogP contribution in [0.4, 0.5) is 4.79 Å². The largest absolute Gasteiger partial charge is 0.494 e. The van der Waals surface area contributed by atoms with E-state index < -0.39 is 6.10 Å². The number of ether oxygens (including phenoxy) is 1. The molecule has 0 unspecified atom stereocenters. The molecule has 7 heteroatoms. The quantitative estimate of drug-likeness (QED) is 0.669. The number of nitrogens with zero attached hydrogens (tertiary/aromatic N) is 3. The molecule has 0 aromatic heterocycles. The van der Waals surface area contributed by atoms with Crippen molar-refractivity contribution < 1.29 is 14.6 Å².